The first-order valence-corrected chi connectivity index (χ1v) is 12.0. The lowest BCUT2D eigenvalue weighted by atomic mass is 9.93. The SMILES string of the molecule is OC1CCC(Nc2nc(NCc3ccccc3)c3ncn(Cc4ccc(C(F)(F)F)cc4)c3n2)CC1. The van der Waals surface area contributed by atoms with Gasteiger partial charge in [-0.1, -0.05) is 42.5 Å². The second-order valence-corrected chi connectivity index (χ2v) is 9.12. The van der Waals surface area contributed by atoms with Crippen LogP contribution in [0.2, 0.25) is 0 Å². The van der Waals surface area contributed by atoms with Crippen LogP contribution in [-0.2, 0) is 19.3 Å². The number of rotatable bonds is 7. The molecule has 36 heavy (non-hydrogen) atoms. The van der Waals surface area contributed by atoms with Gasteiger partial charge in [0, 0.05) is 12.6 Å². The maximum Gasteiger partial charge on any atom is 0.416 e. The van der Waals surface area contributed by atoms with E-state index in [0.717, 1.165) is 43.4 Å². The smallest absolute Gasteiger partial charge is 0.393 e. The molecule has 0 radical (unpaired) electrons. The number of nitrogens with zero attached hydrogens (tertiary/aromatic N) is 4. The second-order valence-electron chi connectivity index (χ2n) is 9.12. The van der Waals surface area contributed by atoms with Crippen molar-refractivity contribution in [2.45, 2.75) is 57.1 Å². The lowest BCUT2D eigenvalue weighted by Crippen LogP contribution is -2.29. The number of aromatic nitrogens is 4. The number of aliphatic hydroxyl groups excluding tert-OH is 1. The number of hydrogen-bond donors (Lipinski definition) is 3. The van der Waals surface area contributed by atoms with Crippen LogP contribution in [0.1, 0.15) is 42.4 Å². The molecule has 2 heterocycles. The van der Waals surface area contributed by atoms with Gasteiger partial charge in [-0.15, -0.1) is 0 Å². The molecule has 1 aliphatic rings. The van der Waals surface area contributed by atoms with E-state index in [-0.39, 0.29) is 12.1 Å². The fourth-order valence-electron chi connectivity index (χ4n) is 4.43. The van der Waals surface area contributed by atoms with Crippen molar-refractivity contribution in [2.24, 2.45) is 0 Å². The van der Waals surface area contributed by atoms with Gasteiger partial charge in [-0.3, -0.25) is 0 Å². The Balaban J connectivity index is 1.43. The monoisotopic (exact) mass is 496 g/mol. The zero-order valence-corrected chi connectivity index (χ0v) is 19.5. The Morgan fingerprint density at radius 2 is 1.64 bits per heavy atom. The number of fused-ring (bicyclic) bond motifs is 1. The topological polar surface area (TPSA) is 87.9 Å². The molecule has 1 saturated carbocycles. The summed E-state index contributed by atoms with van der Waals surface area (Å²) in [5, 5.41) is 16.6. The molecule has 2 aromatic carbocycles. The first-order chi connectivity index (χ1) is 17.3. The number of nitrogens with one attached hydrogen (secondary N) is 2. The fourth-order valence-corrected chi connectivity index (χ4v) is 4.43. The Hall–Kier alpha value is -3.66. The average molecular weight is 497 g/mol. The zero-order valence-electron chi connectivity index (χ0n) is 19.5. The quantitative estimate of drug-likeness (QED) is 0.325. The molecule has 1 fully saturated rings. The van der Waals surface area contributed by atoms with Crippen molar-refractivity contribution in [1.82, 2.24) is 19.5 Å². The number of imidazole rings is 1. The van der Waals surface area contributed by atoms with Gasteiger partial charge in [0.25, 0.3) is 0 Å². The van der Waals surface area contributed by atoms with E-state index in [9.17, 15) is 18.3 Å². The third-order valence-corrected chi connectivity index (χ3v) is 6.43. The molecule has 0 bridgehead atoms. The predicted octanol–water partition coefficient (Wildman–Crippen LogP) is 5.22. The Bertz CT molecular complexity index is 1300. The number of hydrogen-bond acceptors (Lipinski definition) is 6. The van der Waals surface area contributed by atoms with Crippen LogP contribution in [0.3, 0.4) is 0 Å². The number of anilines is 2. The first-order valence-electron chi connectivity index (χ1n) is 12.0. The van der Waals surface area contributed by atoms with Crippen LogP contribution in [0.15, 0.2) is 60.9 Å². The van der Waals surface area contributed by atoms with Crippen LogP contribution >= 0.6 is 0 Å². The maximum atomic E-state index is 12.9. The summed E-state index contributed by atoms with van der Waals surface area (Å²) in [4.78, 5) is 13.9. The number of halogens is 3. The van der Waals surface area contributed by atoms with Gasteiger partial charge in [-0.25, -0.2) is 4.98 Å². The number of benzene rings is 2. The number of aliphatic hydroxyl groups is 1. The van der Waals surface area contributed by atoms with Gasteiger partial charge < -0.3 is 20.3 Å². The van der Waals surface area contributed by atoms with Crippen LogP contribution in [0.4, 0.5) is 24.9 Å². The van der Waals surface area contributed by atoms with E-state index in [1.807, 2.05) is 34.9 Å². The Kier molecular flexibility index (Phi) is 6.77. The molecule has 0 atom stereocenters. The molecule has 5 rings (SSSR count). The summed E-state index contributed by atoms with van der Waals surface area (Å²) in [7, 11) is 0. The number of alkyl halides is 3. The van der Waals surface area contributed by atoms with Crippen molar-refractivity contribution in [3.8, 4) is 0 Å². The largest absolute Gasteiger partial charge is 0.416 e. The maximum absolute atomic E-state index is 12.9. The molecule has 2 aromatic heterocycles. The standard InChI is InChI=1S/C26H27F3N6O/c27-26(28,29)19-8-6-18(7-9-19)15-35-16-31-22-23(30-14-17-4-2-1-3-5-17)33-25(34-24(22)35)32-20-10-12-21(36)13-11-20/h1-9,16,20-21,36H,10-15H2,(H2,30,32,33,34). The van der Waals surface area contributed by atoms with Gasteiger partial charge in [0.1, 0.15) is 0 Å². The van der Waals surface area contributed by atoms with Crippen molar-refractivity contribution in [2.75, 3.05) is 10.6 Å². The van der Waals surface area contributed by atoms with Gasteiger partial charge >= 0.3 is 6.18 Å². The zero-order chi connectivity index (χ0) is 25.1. The molecule has 4 aromatic rings. The van der Waals surface area contributed by atoms with E-state index < -0.39 is 11.7 Å². The summed E-state index contributed by atoms with van der Waals surface area (Å²) in [5.74, 6) is 1.03. The summed E-state index contributed by atoms with van der Waals surface area (Å²) >= 11 is 0. The molecular formula is C26H27F3N6O. The second kappa shape index (κ2) is 10.1. The van der Waals surface area contributed by atoms with Crippen molar-refractivity contribution < 1.29 is 18.3 Å². The molecule has 0 unspecified atom stereocenters. The summed E-state index contributed by atoms with van der Waals surface area (Å²) in [6.07, 6.45) is 0.0871. The highest BCUT2D eigenvalue weighted by atomic mass is 19.4. The highest BCUT2D eigenvalue weighted by molar-refractivity contribution is 5.84. The van der Waals surface area contributed by atoms with Gasteiger partial charge in [0.05, 0.1) is 24.5 Å². The minimum Gasteiger partial charge on any atom is -0.393 e. The Labute approximate surface area is 206 Å². The minimum absolute atomic E-state index is 0.152. The van der Waals surface area contributed by atoms with Gasteiger partial charge in [-0.2, -0.15) is 23.1 Å². The molecule has 1 aliphatic carbocycles. The van der Waals surface area contributed by atoms with Crippen LogP contribution in [0.5, 0.6) is 0 Å². The molecule has 7 nitrogen and oxygen atoms in total. The van der Waals surface area contributed by atoms with Crippen LogP contribution in [-0.4, -0.2) is 36.8 Å². The van der Waals surface area contributed by atoms with Crippen molar-refractivity contribution in [3.63, 3.8) is 0 Å². The molecule has 0 amide bonds. The summed E-state index contributed by atoms with van der Waals surface area (Å²) in [6.45, 7) is 0.868. The summed E-state index contributed by atoms with van der Waals surface area (Å²) in [5.41, 5.74) is 2.28. The van der Waals surface area contributed by atoms with Crippen LogP contribution in [0, 0.1) is 0 Å². The highest BCUT2D eigenvalue weighted by Gasteiger charge is 2.30. The van der Waals surface area contributed by atoms with E-state index in [2.05, 4.69) is 15.6 Å². The highest BCUT2D eigenvalue weighted by Crippen LogP contribution is 2.30. The lowest BCUT2D eigenvalue weighted by Gasteiger charge is -2.26. The minimum atomic E-state index is -4.37. The average Bonchev–Trinajstić information content (AvgIpc) is 3.27. The third kappa shape index (κ3) is 5.59. The van der Waals surface area contributed by atoms with E-state index in [0.29, 0.717) is 41.6 Å². The molecule has 3 N–H and O–H groups in total. The fraction of sp³-hybridized carbons (Fsp3) is 0.346. The van der Waals surface area contributed by atoms with E-state index in [1.54, 1.807) is 6.33 Å². The molecule has 10 heteroatoms. The molecule has 0 aliphatic heterocycles. The van der Waals surface area contributed by atoms with Crippen LogP contribution in [0.25, 0.3) is 11.2 Å². The van der Waals surface area contributed by atoms with E-state index >= 15 is 0 Å². The van der Waals surface area contributed by atoms with E-state index in [4.69, 9.17) is 9.97 Å². The third-order valence-electron chi connectivity index (χ3n) is 6.43. The predicted molar refractivity (Wildman–Crippen MR) is 132 cm³/mol. The van der Waals surface area contributed by atoms with Gasteiger partial charge in [0.15, 0.2) is 17.0 Å². The first kappa shape index (κ1) is 24.1. The van der Waals surface area contributed by atoms with E-state index in [1.165, 1.54) is 12.1 Å². The normalized spacial score (nSPS) is 18.3. The Morgan fingerprint density at radius 3 is 2.33 bits per heavy atom. The van der Waals surface area contributed by atoms with Crippen molar-refractivity contribution in [3.05, 3.63) is 77.6 Å². The lowest BCUT2D eigenvalue weighted by molar-refractivity contribution is -0.137. The van der Waals surface area contributed by atoms with Crippen molar-refractivity contribution in [1.29, 1.82) is 0 Å². The molecular weight excluding hydrogens is 469 g/mol. The van der Waals surface area contributed by atoms with Crippen molar-refractivity contribution >= 4 is 22.9 Å². The Morgan fingerprint density at radius 1 is 0.917 bits per heavy atom. The summed E-state index contributed by atoms with van der Waals surface area (Å²) < 4.78 is 40.6. The molecule has 0 saturated heterocycles. The molecule has 188 valence electrons. The molecule has 0 spiro atoms. The van der Waals surface area contributed by atoms with Gasteiger partial charge in [0.2, 0.25) is 5.95 Å². The summed E-state index contributed by atoms with van der Waals surface area (Å²) in [6, 6.07) is 15.2. The van der Waals surface area contributed by atoms with Crippen LogP contribution < -0.4 is 10.6 Å². The van der Waals surface area contributed by atoms with Gasteiger partial charge in [-0.05, 0) is 48.9 Å².